The van der Waals surface area contributed by atoms with Gasteiger partial charge in [-0.2, -0.15) is 0 Å². The summed E-state index contributed by atoms with van der Waals surface area (Å²) in [4.78, 5) is 10.8. The van der Waals surface area contributed by atoms with Crippen molar-refractivity contribution in [2.24, 2.45) is 5.73 Å². The van der Waals surface area contributed by atoms with E-state index in [0.717, 1.165) is 32.5 Å². The number of amidine groups is 1. The van der Waals surface area contributed by atoms with Crippen LogP contribution >= 0.6 is 23.5 Å². The number of nitrogens with two attached hydrogens (primary N) is 1. The number of rotatable bonds is 5. The maximum absolute atomic E-state index is 7.86. The molecule has 2 aromatic rings. The fourth-order valence-corrected chi connectivity index (χ4v) is 3.93. The van der Waals surface area contributed by atoms with Crippen molar-refractivity contribution in [1.29, 1.82) is 5.41 Å². The smallest absolute Gasteiger partial charge is 0.192 e. The van der Waals surface area contributed by atoms with Crippen molar-refractivity contribution in [1.82, 2.24) is 9.97 Å². The molecular formula is C15H18N4S2. The average molecular weight is 318 g/mol. The molecule has 4 nitrogen and oxygen atoms in total. The Labute approximate surface area is 133 Å². The van der Waals surface area contributed by atoms with Crippen LogP contribution in [0.5, 0.6) is 0 Å². The summed E-state index contributed by atoms with van der Waals surface area (Å²) in [7, 11) is 0. The molecule has 0 radical (unpaired) electrons. The number of benzene rings is 1. The summed E-state index contributed by atoms with van der Waals surface area (Å²) in [6, 6.07) is 7.88. The molecular weight excluding hydrogens is 300 g/mol. The zero-order chi connectivity index (χ0) is 15.4. The third kappa shape index (κ3) is 3.98. The van der Waals surface area contributed by atoms with E-state index in [1.807, 2.05) is 38.1 Å². The largest absolute Gasteiger partial charge is 0.384 e. The van der Waals surface area contributed by atoms with Gasteiger partial charge in [0.05, 0.1) is 0 Å². The predicted molar refractivity (Wildman–Crippen MR) is 89.5 cm³/mol. The second-order valence-corrected chi connectivity index (χ2v) is 6.83. The predicted octanol–water partition coefficient (Wildman–Crippen LogP) is 3.64. The Morgan fingerprint density at radius 3 is 2.38 bits per heavy atom. The topological polar surface area (TPSA) is 75.7 Å². The maximum atomic E-state index is 7.86. The molecule has 0 unspecified atom stereocenters. The standard InChI is InChI=1S/C15H18N4S2/c1-4-20-11-6-5-7-12(13(11)14(16)17)21-15-18-9(2)8-10(3)19-15/h5-8H,4H2,1-3H3,(H3,16,17). The highest BCUT2D eigenvalue weighted by Crippen LogP contribution is 2.34. The Kier molecular flexibility index (Phi) is 5.25. The molecule has 0 spiro atoms. The summed E-state index contributed by atoms with van der Waals surface area (Å²) in [5, 5.41) is 8.54. The molecule has 0 saturated carbocycles. The van der Waals surface area contributed by atoms with Crippen LogP contribution in [0.15, 0.2) is 39.2 Å². The molecule has 3 N–H and O–H groups in total. The Morgan fingerprint density at radius 2 is 1.81 bits per heavy atom. The average Bonchev–Trinajstić information content (AvgIpc) is 2.37. The number of hydrogen-bond donors (Lipinski definition) is 2. The zero-order valence-corrected chi connectivity index (χ0v) is 13.9. The van der Waals surface area contributed by atoms with Gasteiger partial charge in [0, 0.05) is 26.7 Å². The molecule has 0 bridgehead atoms. The van der Waals surface area contributed by atoms with E-state index in [2.05, 4.69) is 16.9 Å². The van der Waals surface area contributed by atoms with E-state index in [0.29, 0.717) is 5.16 Å². The molecule has 0 aliphatic heterocycles. The van der Waals surface area contributed by atoms with E-state index < -0.39 is 0 Å². The first kappa shape index (κ1) is 15.9. The number of nitrogens with zero attached hydrogens (tertiary/aromatic N) is 2. The fourth-order valence-electron chi connectivity index (χ4n) is 1.97. The maximum Gasteiger partial charge on any atom is 0.192 e. The lowest BCUT2D eigenvalue weighted by atomic mass is 10.2. The van der Waals surface area contributed by atoms with Crippen LogP contribution in [0.3, 0.4) is 0 Å². The first-order valence-corrected chi connectivity index (χ1v) is 8.41. The minimum absolute atomic E-state index is 0.0819. The molecule has 0 atom stereocenters. The van der Waals surface area contributed by atoms with Gasteiger partial charge in [0.15, 0.2) is 5.16 Å². The van der Waals surface area contributed by atoms with Crippen molar-refractivity contribution in [3.8, 4) is 0 Å². The zero-order valence-electron chi connectivity index (χ0n) is 12.3. The first-order chi connectivity index (χ1) is 10.0. The summed E-state index contributed by atoms with van der Waals surface area (Å²) in [5.74, 6) is 1.02. The van der Waals surface area contributed by atoms with E-state index in [4.69, 9.17) is 11.1 Å². The van der Waals surface area contributed by atoms with Crippen LogP contribution in [0.25, 0.3) is 0 Å². The Morgan fingerprint density at radius 1 is 1.19 bits per heavy atom. The SMILES string of the molecule is CCSc1cccc(Sc2nc(C)cc(C)n2)c1C(=N)N. The van der Waals surface area contributed by atoms with Crippen LogP contribution in [-0.4, -0.2) is 21.6 Å². The van der Waals surface area contributed by atoms with Crippen LogP contribution < -0.4 is 5.73 Å². The van der Waals surface area contributed by atoms with Crippen LogP contribution in [0.2, 0.25) is 0 Å². The molecule has 0 amide bonds. The number of hydrogen-bond acceptors (Lipinski definition) is 5. The van der Waals surface area contributed by atoms with Crippen LogP contribution in [0.4, 0.5) is 0 Å². The summed E-state index contributed by atoms with van der Waals surface area (Å²) in [6.07, 6.45) is 0. The summed E-state index contributed by atoms with van der Waals surface area (Å²) in [6.45, 7) is 5.99. The summed E-state index contributed by atoms with van der Waals surface area (Å²) >= 11 is 3.14. The lowest BCUT2D eigenvalue weighted by molar-refractivity contribution is 0.901. The van der Waals surface area contributed by atoms with Crippen LogP contribution in [0.1, 0.15) is 23.9 Å². The molecule has 0 saturated heterocycles. The molecule has 0 aliphatic rings. The minimum atomic E-state index is 0.0819. The third-order valence-electron chi connectivity index (χ3n) is 2.72. The number of aryl methyl sites for hydroxylation is 2. The van der Waals surface area contributed by atoms with Crippen molar-refractivity contribution in [3.05, 3.63) is 41.2 Å². The van der Waals surface area contributed by atoms with E-state index in [1.165, 1.54) is 11.8 Å². The van der Waals surface area contributed by atoms with Gasteiger partial charge in [-0.25, -0.2) is 9.97 Å². The van der Waals surface area contributed by atoms with Gasteiger partial charge >= 0.3 is 0 Å². The minimum Gasteiger partial charge on any atom is -0.384 e. The second kappa shape index (κ2) is 6.95. The summed E-state index contributed by atoms with van der Waals surface area (Å²) in [5.41, 5.74) is 8.43. The van der Waals surface area contributed by atoms with Gasteiger partial charge in [0.2, 0.25) is 0 Å². The number of nitrogens with one attached hydrogen (secondary N) is 1. The van der Waals surface area contributed by atoms with Crippen LogP contribution in [0, 0.1) is 19.3 Å². The highest BCUT2D eigenvalue weighted by Gasteiger charge is 2.14. The Bertz CT molecular complexity index is 650. The normalized spacial score (nSPS) is 10.6. The van der Waals surface area contributed by atoms with E-state index in [9.17, 15) is 0 Å². The third-order valence-corrected chi connectivity index (χ3v) is 4.59. The van der Waals surface area contributed by atoms with Gasteiger partial charge in [0.1, 0.15) is 5.84 Å². The van der Waals surface area contributed by atoms with Crippen molar-refractivity contribution in [2.45, 2.75) is 35.7 Å². The number of nitrogen functional groups attached to an aromatic ring is 1. The highest BCUT2D eigenvalue weighted by atomic mass is 32.2. The molecule has 110 valence electrons. The van der Waals surface area contributed by atoms with Crippen molar-refractivity contribution in [3.63, 3.8) is 0 Å². The van der Waals surface area contributed by atoms with Gasteiger partial charge < -0.3 is 5.73 Å². The molecule has 0 aliphatic carbocycles. The first-order valence-electron chi connectivity index (χ1n) is 6.61. The molecule has 1 aromatic carbocycles. The fraction of sp³-hybridized carbons (Fsp3) is 0.267. The molecule has 1 aromatic heterocycles. The molecule has 6 heteroatoms. The lowest BCUT2D eigenvalue weighted by Crippen LogP contribution is -2.14. The Balaban J connectivity index is 2.43. The van der Waals surface area contributed by atoms with Crippen molar-refractivity contribution in [2.75, 3.05) is 5.75 Å². The molecule has 2 rings (SSSR count). The molecule has 21 heavy (non-hydrogen) atoms. The highest BCUT2D eigenvalue weighted by molar-refractivity contribution is 8.00. The van der Waals surface area contributed by atoms with Crippen LogP contribution in [-0.2, 0) is 0 Å². The van der Waals surface area contributed by atoms with Crippen molar-refractivity contribution >= 4 is 29.4 Å². The van der Waals surface area contributed by atoms with Gasteiger partial charge in [-0.3, -0.25) is 5.41 Å². The molecule has 0 fully saturated rings. The van der Waals surface area contributed by atoms with Gasteiger partial charge in [-0.15, -0.1) is 11.8 Å². The van der Waals surface area contributed by atoms with Gasteiger partial charge in [0.25, 0.3) is 0 Å². The van der Waals surface area contributed by atoms with Gasteiger partial charge in [-0.05, 0) is 49.6 Å². The number of aromatic nitrogens is 2. The van der Waals surface area contributed by atoms with E-state index in [1.54, 1.807) is 11.8 Å². The van der Waals surface area contributed by atoms with Crippen molar-refractivity contribution < 1.29 is 0 Å². The monoisotopic (exact) mass is 318 g/mol. The quantitative estimate of drug-likeness (QED) is 0.381. The van der Waals surface area contributed by atoms with Gasteiger partial charge in [-0.1, -0.05) is 13.0 Å². The second-order valence-electron chi connectivity index (χ2n) is 4.51. The summed E-state index contributed by atoms with van der Waals surface area (Å²) < 4.78 is 0. The number of thioether (sulfide) groups is 1. The van der Waals surface area contributed by atoms with E-state index in [-0.39, 0.29) is 5.84 Å². The molecule has 1 heterocycles. The van der Waals surface area contributed by atoms with E-state index >= 15 is 0 Å². The Hall–Kier alpha value is -1.53. The lowest BCUT2D eigenvalue weighted by Gasteiger charge is -2.12.